The van der Waals surface area contributed by atoms with Crippen molar-refractivity contribution >= 4 is 10.1 Å². The van der Waals surface area contributed by atoms with E-state index in [0.717, 1.165) is 0 Å². The SMILES string of the molecule is O=S(=O)([O-])CC(F)C(F)C(F)C(F)CCCF.[K+]. The van der Waals surface area contributed by atoms with E-state index in [2.05, 4.69) is 0 Å². The van der Waals surface area contributed by atoms with Crippen molar-refractivity contribution < 1.29 is 86.3 Å². The van der Waals surface area contributed by atoms with E-state index in [1.807, 2.05) is 0 Å². The van der Waals surface area contributed by atoms with Gasteiger partial charge < -0.3 is 4.55 Å². The van der Waals surface area contributed by atoms with Gasteiger partial charge in [-0.25, -0.2) is 26.0 Å². The Kier molecular flexibility index (Phi) is 11.9. The van der Waals surface area contributed by atoms with Gasteiger partial charge in [-0.05, 0) is 12.8 Å². The van der Waals surface area contributed by atoms with E-state index in [9.17, 15) is 34.9 Å². The molecule has 4 unspecified atom stereocenters. The average Bonchev–Trinajstić information content (AvgIpc) is 2.21. The maximum Gasteiger partial charge on any atom is 1.00 e. The second-order valence-corrected chi connectivity index (χ2v) is 4.93. The fourth-order valence-electron chi connectivity index (χ4n) is 1.12. The fourth-order valence-corrected chi connectivity index (χ4v) is 1.69. The van der Waals surface area contributed by atoms with Gasteiger partial charge >= 0.3 is 51.4 Å². The molecule has 0 aromatic carbocycles. The van der Waals surface area contributed by atoms with Gasteiger partial charge in [-0.15, -0.1) is 0 Å². The summed E-state index contributed by atoms with van der Waals surface area (Å²) in [6, 6.07) is 0. The van der Waals surface area contributed by atoms with E-state index in [0.29, 0.717) is 0 Å². The molecule has 0 aliphatic heterocycles. The summed E-state index contributed by atoms with van der Waals surface area (Å²) in [6.07, 6.45) is -12.4. The monoisotopic (exact) mass is 322 g/mol. The molecule has 4 atom stereocenters. The quantitative estimate of drug-likeness (QED) is 0.315. The number of hydrogen-bond donors (Lipinski definition) is 0. The van der Waals surface area contributed by atoms with Crippen molar-refractivity contribution in [3.8, 4) is 0 Å². The normalized spacial score (nSPS) is 18.6. The van der Waals surface area contributed by atoms with Gasteiger partial charge in [-0.1, -0.05) is 0 Å². The van der Waals surface area contributed by atoms with Crippen LogP contribution in [-0.4, -0.2) is 50.1 Å². The molecule has 104 valence electrons. The molecular formula is C8H12F5KO3S. The molecule has 0 saturated heterocycles. The molecule has 0 radical (unpaired) electrons. The summed E-state index contributed by atoms with van der Waals surface area (Å²) in [7, 11) is -5.06. The zero-order chi connectivity index (χ0) is 13.6. The van der Waals surface area contributed by atoms with Crippen LogP contribution in [0.5, 0.6) is 0 Å². The number of hydrogen-bond acceptors (Lipinski definition) is 3. The van der Waals surface area contributed by atoms with Crippen molar-refractivity contribution in [2.75, 3.05) is 12.4 Å². The molecule has 0 spiro atoms. The molecular weight excluding hydrogens is 310 g/mol. The molecule has 0 aromatic heterocycles. The Hall–Kier alpha value is 1.20. The van der Waals surface area contributed by atoms with E-state index in [1.54, 1.807) is 0 Å². The number of rotatable bonds is 8. The maximum atomic E-state index is 12.9. The van der Waals surface area contributed by atoms with Crippen molar-refractivity contribution in [2.24, 2.45) is 0 Å². The third-order valence-corrected chi connectivity index (χ3v) is 2.70. The van der Waals surface area contributed by atoms with E-state index >= 15 is 0 Å². The molecule has 0 rings (SSSR count). The van der Waals surface area contributed by atoms with Gasteiger partial charge in [-0.3, -0.25) is 4.39 Å². The molecule has 0 aromatic rings. The third kappa shape index (κ3) is 9.16. The van der Waals surface area contributed by atoms with Gasteiger partial charge in [-0.2, -0.15) is 0 Å². The van der Waals surface area contributed by atoms with E-state index in [4.69, 9.17) is 0 Å². The second kappa shape index (κ2) is 10.0. The Bertz CT molecular complexity index is 316. The fraction of sp³-hybridized carbons (Fsp3) is 1.00. The molecule has 0 aliphatic carbocycles. The predicted octanol–water partition coefficient (Wildman–Crippen LogP) is -1.36. The average molecular weight is 322 g/mol. The van der Waals surface area contributed by atoms with Crippen LogP contribution in [0.2, 0.25) is 0 Å². The summed E-state index contributed by atoms with van der Waals surface area (Å²) in [5, 5.41) is 0. The Morgan fingerprint density at radius 1 is 1.00 bits per heavy atom. The first-order valence-electron chi connectivity index (χ1n) is 4.75. The van der Waals surface area contributed by atoms with Crippen molar-refractivity contribution in [1.82, 2.24) is 0 Å². The van der Waals surface area contributed by atoms with Gasteiger partial charge in [0.25, 0.3) is 0 Å². The Balaban J connectivity index is 0. The van der Waals surface area contributed by atoms with Gasteiger partial charge in [0.1, 0.15) is 12.3 Å². The largest absolute Gasteiger partial charge is 1.00 e. The summed E-state index contributed by atoms with van der Waals surface area (Å²) >= 11 is 0. The third-order valence-electron chi connectivity index (χ3n) is 1.97. The van der Waals surface area contributed by atoms with Crippen molar-refractivity contribution in [2.45, 2.75) is 37.5 Å². The molecule has 10 heteroatoms. The topological polar surface area (TPSA) is 57.2 Å². The van der Waals surface area contributed by atoms with Crippen LogP contribution in [-0.2, 0) is 10.1 Å². The summed E-state index contributed by atoms with van der Waals surface area (Å²) in [5.41, 5.74) is 0. The Morgan fingerprint density at radius 3 is 1.83 bits per heavy atom. The standard InChI is InChI=1S/C8H13F5O3S.K/c9-3-1-2-5(10)7(12)8(13)6(11)4-17(14,15)16;/h5-8H,1-4H2,(H,14,15,16);/q;+1/p-1. The number of alkyl halides is 5. The predicted molar refractivity (Wildman–Crippen MR) is 49.4 cm³/mol. The molecule has 18 heavy (non-hydrogen) atoms. The molecule has 0 heterocycles. The summed E-state index contributed by atoms with van der Waals surface area (Å²) in [5.74, 6) is -1.76. The van der Waals surface area contributed by atoms with Crippen LogP contribution in [0.3, 0.4) is 0 Å². The zero-order valence-electron chi connectivity index (χ0n) is 9.66. The molecule has 0 bridgehead atoms. The van der Waals surface area contributed by atoms with Crippen LogP contribution in [0, 0.1) is 0 Å². The van der Waals surface area contributed by atoms with E-state index in [1.165, 1.54) is 0 Å². The summed E-state index contributed by atoms with van der Waals surface area (Å²) < 4.78 is 93.4. The van der Waals surface area contributed by atoms with Crippen LogP contribution in [0.4, 0.5) is 22.0 Å². The van der Waals surface area contributed by atoms with Crippen LogP contribution >= 0.6 is 0 Å². The van der Waals surface area contributed by atoms with Gasteiger partial charge in [0.15, 0.2) is 12.3 Å². The molecule has 0 N–H and O–H groups in total. The van der Waals surface area contributed by atoms with Crippen LogP contribution < -0.4 is 51.4 Å². The van der Waals surface area contributed by atoms with Crippen LogP contribution in [0.15, 0.2) is 0 Å². The van der Waals surface area contributed by atoms with Crippen molar-refractivity contribution in [3.05, 3.63) is 0 Å². The van der Waals surface area contributed by atoms with Gasteiger partial charge in [0.2, 0.25) is 0 Å². The minimum Gasteiger partial charge on any atom is -0.748 e. The van der Waals surface area contributed by atoms with Crippen LogP contribution in [0.1, 0.15) is 12.8 Å². The Morgan fingerprint density at radius 2 is 1.44 bits per heavy atom. The van der Waals surface area contributed by atoms with Gasteiger partial charge in [0, 0.05) is 0 Å². The summed E-state index contributed by atoms with van der Waals surface area (Å²) in [4.78, 5) is 0. The minimum atomic E-state index is -5.06. The van der Waals surface area contributed by atoms with Crippen LogP contribution in [0.25, 0.3) is 0 Å². The number of halogens is 5. The molecule has 0 saturated carbocycles. The zero-order valence-corrected chi connectivity index (χ0v) is 13.6. The molecule has 0 aliphatic rings. The minimum absolute atomic E-state index is 0. The first-order chi connectivity index (χ1) is 7.69. The van der Waals surface area contributed by atoms with E-state index < -0.39 is 53.7 Å². The molecule has 0 fully saturated rings. The van der Waals surface area contributed by atoms with Crippen molar-refractivity contribution in [3.63, 3.8) is 0 Å². The molecule has 3 nitrogen and oxygen atoms in total. The Labute approximate surface area is 145 Å². The van der Waals surface area contributed by atoms with E-state index in [-0.39, 0.29) is 57.8 Å². The smallest absolute Gasteiger partial charge is 0.748 e. The molecule has 0 amide bonds. The second-order valence-electron chi connectivity index (χ2n) is 3.48. The van der Waals surface area contributed by atoms with Crippen molar-refractivity contribution in [1.29, 1.82) is 0 Å². The van der Waals surface area contributed by atoms with Gasteiger partial charge in [0.05, 0.1) is 22.5 Å². The summed E-state index contributed by atoms with van der Waals surface area (Å²) in [6.45, 7) is -0.932. The first kappa shape index (κ1) is 21.5. The maximum absolute atomic E-state index is 12.9. The first-order valence-corrected chi connectivity index (χ1v) is 6.32.